The van der Waals surface area contributed by atoms with E-state index in [-0.39, 0.29) is 6.61 Å². The van der Waals surface area contributed by atoms with Crippen molar-refractivity contribution in [1.82, 2.24) is 20.1 Å². The van der Waals surface area contributed by atoms with Crippen LogP contribution < -0.4 is 4.84 Å². The first kappa shape index (κ1) is 15.9. The third-order valence-corrected chi connectivity index (χ3v) is 5.14. The lowest BCUT2D eigenvalue weighted by molar-refractivity contribution is 0.0367. The molecule has 0 fully saturated rings. The van der Waals surface area contributed by atoms with Gasteiger partial charge in [-0.1, -0.05) is 27.8 Å². The average molecular weight is 350 g/mol. The predicted octanol–water partition coefficient (Wildman–Crippen LogP) is 2.64. The summed E-state index contributed by atoms with van der Waals surface area (Å²) in [4.78, 5) is 22.0. The zero-order chi connectivity index (χ0) is 15.9. The van der Waals surface area contributed by atoms with Gasteiger partial charge in [0.25, 0.3) is 0 Å². The summed E-state index contributed by atoms with van der Waals surface area (Å²) in [5.41, 5.74) is 1.51. The molecule has 0 unspecified atom stereocenters. The van der Waals surface area contributed by atoms with E-state index in [1.807, 2.05) is 30.4 Å². The highest BCUT2D eigenvalue weighted by atomic mass is 33.1. The summed E-state index contributed by atoms with van der Waals surface area (Å²) >= 11 is 0. The topological polar surface area (TPSA) is 79.1 Å². The Morgan fingerprint density at radius 1 is 1.39 bits per heavy atom. The van der Waals surface area contributed by atoms with Crippen molar-refractivity contribution in [2.45, 2.75) is 17.9 Å². The number of hydrogen-bond acceptors (Lipinski definition) is 8. The molecule has 0 aromatic carbocycles. The minimum Gasteiger partial charge on any atom is -0.432 e. The molecule has 2 aromatic rings. The summed E-state index contributed by atoms with van der Waals surface area (Å²) in [7, 11) is 3.09. The van der Waals surface area contributed by atoms with E-state index < -0.39 is 6.16 Å². The molecule has 0 spiro atoms. The fourth-order valence-corrected chi connectivity index (χ4v) is 3.60. The van der Waals surface area contributed by atoms with Gasteiger partial charge in [-0.2, -0.15) is 0 Å². The van der Waals surface area contributed by atoms with E-state index in [9.17, 15) is 4.79 Å². The highest BCUT2D eigenvalue weighted by molar-refractivity contribution is 8.76. The van der Waals surface area contributed by atoms with Gasteiger partial charge in [-0.3, -0.25) is 4.84 Å². The first-order valence-electron chi connectivity index (χ1n) is 6.99. The molecule has 120 valence electrons. The lowest BCUT2D eigenvalue weighted by Crippen LogP contribution is -2.24. The Labute approximate surface area is 140 Å². The molecule has 0 N–H and O–H groups in total. The molecule has 0 aliphatic heterocycles. The molecule has 7 nitrogen and oxygen atoms in total. The zero-order valence-electron chi connectivity index (χ0n) is 12.1. The van der Waals surface area contributed by atoms with E-state index in [2.05, 4.69) is 15.3 Å². The maximum atomic E-state index is 11.6. The third-order valence-electron chi connectivity index (χ3n) is 2.91. The van der Waals surface area contributed by atoms with Gasteiger partial charge in [0.15, 0.2) is 0 Å². The molecule has 1 aliphatic carbocycles. The summed E-state index contributed by atoms with van der Waals surface area (Å²) in [6.45, 7) is 0.250. The molecule has 0 amide bonds. The van der Waals surface area contributed by atoms with Crippen LogP contribution in [-0.2, 0) is 11.2 Å². The largest absolute Gasteiger partial charge is 0.535 e. The van der Waals surface area contributed by atoms with Crippen molar-refractivity contribution in [3.05, 3.63) is 41.9 Å². The number of carbonyl (C=O) groups excluding carboxylic acids is 1. The van der Waals surface area contributed by atoms with Crippen LogP contribution in [0.15, 0.2) is 35.5 Å². The third kappa shape index (κ3) is 4.49. The van der Waals surface area contributed by atoms with Crippen LogP contribution in [0.3, 0.4) is 0 Å². The summed E-state index contributed by atoms with van der Waals surface area (Å²) in [6, 6.07) is 5.72. The van der Waals surface area contributed by atoms with Gasteiger partial charge < -0.3 is 4.74 Å². The van der Waals surface area contributed by atoms with E-state index in [0.29, 0.717) is 5.75 Å². The molecule has 9 heteroatoms. The van der Waals surface area contributed by atoms with Crippen molar-refractivity contribution in [1.29, 1.82) is 0 Å². The van der Waals surface area contributed by atoms with Crippen LogP contribution in [0.5, 0.6) is 0 Å². The first-order chi connectivity index (χ1) is 11.3. The highest BCUT2D eigenvalue weighted by Crippen LogP contribution is 2.28. The van der Waals surface area contributed by atoms with Crippen molar-refractivity contribution >= 4 is 33.8 Å². The van der Waals surface area contributed by atoms with Gasteiger partial charge in [0.05, 0.1) is 0 Å². The van der Waals surface area contributed by atoms with Gasteiger partial charge in [-0.15, -0.1) is 5.10 Å². The number of rotatable bonds is 6. The van der Waals surface area contributed by atoms with Gasteiger partial charge in [0.1, 0.15) is 23.0 Å². The molecule has 2 heterocycles. The number of hydrogen-bond donors (Lipinski definition) is 0. The molecule has 0 saturated heterocycles. The fraction of sp³-hybridized carbons (Fsp3) is 0.286. The summed E-state index contributed by atoms with van der Waals surface area (Å²) < 4.78 is 5.02. The van der Waals surface area contributed by atoms with E-state index in [0.717, 1.165) is 34.1 Å². The second kappa shape index (κ2) is 8.02. The minimum atomic E-state index is -0.782. The van der Waals surface area contributed by atoms with E-state index in [1.54, 1.807) is 17.0 Å². The van der Waals surface area contributed by atoms with Crippen LogP contribution in [0.25, 0.3) is 6.08 Å². The highest BCUT2D eigenvalue weighted by Gasteiger charge is 2.17. The van der Waals surface area contributed by atoms with Crippen LogP contribution in [0.2, 0.25) is 0 Å². The zero-order valence-corrected chi connectivity index (χ0v) is 13.8. The standard InChI is InChI=1S/C14H14N4O3S2/c19-14(20-9-10-22-23-13-7-3-4-8-15-13)21-18-12-6-2-1-5-11(12)16-17-18/h1,3-5,7-8H,2,6,9-10H2. The fourth-order valence-electron chi connectivity index (χ4n) is 1.89. The molecular formula is C14H14N4O3S2. The molecule has 0 saturated carbocycles. The maximum Gasteiger partial charge on any atom is 0.535 e. The normalized spacial score (nSPS) is 12.7. The molecule has 23 heavy (non-hydrogen) atoms. The molecule has 2 aromatic heterocycles. The SMILES string of the molecule is O=C(OCCSSc1ccccn1)On1nnc2c1CCC=C2. The van der Waals surface area contributed by atoms with E-state index in [1.165, 1.54) is 10.8 Å². The number of allylic oxidation sites excluding steroid dienone is 1. The second-order valence-electron chi connectivity index (χ2n) is 4.50. The Morgan fingerprint density at radius 3 is 3.22 bits per heavy atom. The lowest BCUT2D eigenvalue weighted by Gasteiger charge is -2.08. The molecule has 1 aliphatic rings. The Hall–Kier alpha value is -2.00. The predicted molar refractivity (Wildman–Crippen MR) is 87.9 cm³/mol. The molecular weight excluding hydrogens is 336 g/mol. The van der Waals surface area contributed by atoms with Gasteiger partial charge in [-0.25, -0.2) is 9.78 Å². The Morgan fingerprint density at radius 2 is 2.35 bits per heavy atom. The number of carbonyl (C=O) groups is 1. The summed E-state index contributed by atoms with van der Waals surface area (Å²) in [5.74, 6) is 0.633. The molecule has 0 atom stereocenters. The van der Waals surface area contributed by atoms with Gasteiger partial charge >= 0.3 is 6.16 Å². The van der Waals surface area contributed by atoms with Crippen molar-refractivity contribution < 1.29 is 14.4 Å². The lowest BCUT2D eigenvalue weighted by atomic mass is 10.1. The van der Waals surface area contributed by atoms with Crippen molar-refractivity contribution in [3.63, 3.8) is 0 Å². The number of fused-ring (bicyclic) bond motifs is 1. The number of aromatic nitrogens is 4. The molecule has 3 rings (SSSR count). The van der Waals surface area contributed by atoms with Crippen molar-refractivity contribution in [3.8, 4) is 0 Å². The molecule has 0 bridgehead atoms. The van der Waals surface area contributed by atoms with Crippen LogP contribution in [-0.4, -0.2) is 38.7 Å². The van der Waals surface area contributed by atoms with Crippen LogP contribution in [0.1, 0.15) is 17.8 Å². The Balaban J connectivity index is 1.37. The number of pyridine rings is 1. The van der Waals surface area contributed by atoms with Gasteiger partial charge in [0, 0.05) is 11.9 Å². The first-order valence-corrected chi connectivity index (χ1v) is 9.31. The van der Waals surface area contributed by atoms with E-state index in [4.69, 9.17) is 9.57 Å². The van der Waals surface area contributed by atoms with Gasteiger partial charge in [-0.05, 0) is 47.1 Å². The maximum absolute atomic E-state index is 11.6. The summed E-state index contributed by atoms with van der Waals surface area (Å²) in [5, 5.41) is 8.65. The van der Waals surface area contributed by atoms with Crippen LogP contribution in [0.4, 0.5) is 4.79 Å². The minimum absolute atomic E-state index is 0.250. The quantitative estimate of drug-likeness (QED) is 0.340. The smallest absolute Gasteiger partial charge is 0.432 e. The number of ether oxygens (including phenoxy) is 1. The average Bonchev–Trinajstić information content (AvgIpc) is 2.99. The monoisotopic (exact) mass is 350 g/mol. The van der Waals surface area contributed by atoms with E-state index >= 15 is 0 Å². The van der Waals surface area contributed by atoms with Crippen LogP contribution in [0, 0.1) is 0 Å². The summed E-state index contributed by atoms with van der Waals surface area (Å²) in [6.07, 6.45) is 6.45. The van der Waals surface area contributed by atoms with Crippen LogP contribution >= 0.6 is 21.6 Å². The van der Waals surface area contributed by atoms with Gasteiger partial charge in [0.2, 0.25) is 0 Å². The Bertz CT molecular complexity index is 691. The second-order valence-corrected chi connectivity index (χ2v) is 6.93. The molecule has 0 radical (unpaired) electrons. The Kier molecular flexibility index (Phi) is 5.54. The van der Waals surface area contributed by atoms with Crippen molar-refractivity contribution in [2.75, 3.05) is 12.4 Å². The van der Waals surface area contributed by atoms with Crippen molar-refractivity contribution in [2.24, 2.45) is 0 Å². The number of nitrogens with zero attached hydrogens (tertiary/aromatic N) is 4.